The topological polar surface area (TPSA) is 77.5 Å². The third-order valence-electron chi connectivity index (χ3n) is 5.59. The average Bonchev–Trinajstić information content (AvgIpc) is 2.91. The summed E-state index contributed by atoms with van der Waals surface area (Å²) in [4.78, 5) is 28.6. The third kappa shape index (κ3) is 4.87. The second-order valence-corrected chi connectivity index (χ2v) is 7.99. The molecule has 1 saturated heterocycles. The molecule has 1 aromatic heterocycles. The maximum Gasteiger partial charge on any atom is 0.387 e. The molecule has 1 amide bonds. The number of rotatable bonds is 6. The Morgan fingerprint density at radius 2 is 1.94 bits per heavy atom. The van der Waals surface area contributed by atoms with Crippen molar-refractivity contribution < 1.29 is 32.2 Å². The van der Waals surface area contributed by atoms with Crippen LogP contribution < -0.4 is 10.1 Å². The fourth-order valence-electron chi connectivity index (χ4n) is 3.75. The first-order chi connectivity index (χ1) is 14.5. The van der Waals surface area contributed by atoms with Crippen LogP contribution in [-0.4, -0.2) is 35.0 Å². The molecule has 3 atom stereocenters. The fraction of sp³-hybridized carbons (Fsp3) is 0.409. The Hall–Kier alpha value is -2.94. The molecule has 1 aromatic carbocycles. The molecule has 2 heterocycles. The van der Waals surface area contributed by atoms with Crippen molar-refractivity contribution >= 4 is 17.4 Å². The second-order valence-electron chi connectivity index (χ2n) is 7.99. The van der Waals surface area contributed by atoms with Crippen molar-refractivity contribution in [2.45, 2.75) is 51.9 Å². The van der Waals surface area contributed by atoms with E-state index in [1.165, 1.54) is 31.3 Å². The molecule has 6 nitrogen and oxygen atoms in total. The molecule has 0 radical (unpaired) electrons. The van der Waals surface area contributed by atoms with Crippen molar-refractivity contribution in [3.05, 3.63) is 53.6 Å². The lowest BCUT2D eigenvalue weighted by Crippen LogP contribution is -2.33. The smallest absolute Gasteiger partial charge is 0.387 e. The van der Waals surface area contributed by atoms with Crippen LogP contribution in [0, 0.1) is 11.7 Å². The van der Waals surface area contributed by atoms with E-state index in [9.17, 15) is 22.8 Å². The molecule has 2 aromatic rings. The average molecular weight is 436 g/mol. The number of nitrogens with one attached hydrogen (secondary N) is 1. The maximum atomic E-state index is 13.7. The minimum atomic E-state index is -3.15. The lowest BCUT2D eigenvalue weighted by Gasteiger charge is -2.26. The van der Waals surface area contributed by atoms with Crippen molar-refractivity contribution in [1.29, 1.82) is 0 Å². The Bertz CT molecular complexity index is 996. The van der Waals surface area contributed by atoms with Crippen LogP contribution in [-0.2, 0) is 9.53 Å². The minimum absolute atomic E-state index is 0.182. The summed E-state index contributed by atoms with van der Waals surface area (Å²) in [6, 6.07) is 6.28. The molecule has 0 saturated carbocycles. The van der Waals surface area contributed by atoms with Gasteiger partial charge in [0.05, 0.1) is 5.60 Å². The second kappa shape index (κ2) is 8.66. The lowest BCUT2D eigenvalue weighted by molar-refractivity contribution is -0.131. The number of hydrogen-bond acceptors (Lipinski definition) is 5. The Morgan fingerprint density at radius 1 is 1.23 bits per heavy atom. The number of hydrogen-bond donors (Lipinski definition) is 1. The van der Waals surface area contributed by atoms with Gasteiger partial charge in [-0.15, -0.1) is 0 Å². The number of pyridine rings is 1. The minimum Gasteiger partial charge on any atom is -0.434 e. The lowest BCUT2D eigenvalue weighted by atomic mass is 9.78. The molecule has 1 N–H and O–H groups in total. The monoisotopic (exact) mass is 436 g/mol. The van der Waals surface area contributed by atoms with Gasteiger partial charge >= 0.3 is 6.61 Å². The van der Waals surface area contributed by atoms with E-state index >= 15 is 0 Å². The molecule has 31 heavy (non-hydrogen) atoms. The summed E-state index contributed by atoms with van der Waals surface area (Å²) >= 11 is 0. The van der Waals surface area contributed by atoms with E-state index in [1.54, 1.807) is 13.8 Å². The number of ketones is 1. The summed E-state index contributed by atoms with van der Waals surface area (Å²) in [6.07, 6.45) is 0.324. The number of anilines is 1. The van der Waals surface area contributed by atoms with Gasteiger partial charge in [-0.25, -0.2) is 4.39 Å². The molecule has 0 unspecified atom stereocenters. The Labute approximate surface area is 177 Å². The van der Waals surface area contributed by atoms with Crippen molar-refractivity contribution in [2.24, 2.45) is 5.92 Å². The predicted molar refractivity (Wildman–Crippen MR) is 107 cm³/mol. The van der Waals surface area contributed by atoms with E-state index in [0.717, 1.165) is 12.1 Å². The highest BCUT2D eigenvalue weighted by Crippen LogP contribution is 2.48. The van der Waals surface area contributed by atoms with Crippen LogP contribution >= 0.6 is 0 Å². The standard InChI is InChI=1S/C22H23F3N2O4/c1-11-18(15-6-5-13(23)9-17(15)30-21(24)25)19(31-22(11,3)4)20(29)27-14-7-8-26-16(10-14)12(2)28/h5-11,18-19,21H,1-4H3,(H,26,27,29)/t11-,18-,19+/m1/s1. The van der Waals surface area contributed by atoms with Gasteiger partial charge < -0.3 is 14.8 Å². The van der Waals surface area contributed by atoms with Crippen molar-refractivity contribution in [2.75, 3.05) is 5.32 Å². The number of amides is 1. The molecule has 3 rings (SSSR count). The zero-order valence-corrected chi connectivity index (χ0v) is 17.5. The quantitative estimate of drug-likeness (QED) is 0.672. The van der Waals surface area contributed by atoms with Gasteiger partial charge in [-0.3, -0.25) is 14.6 Å². The van der Waals surface area contributed by atoms with Crippen LogP contribution in [0.25, 0.3) is 0 Å². The molecule has 0 bridgehead atoms. The summed E-state index contributed by atoms with van der Waals surface area (Å²) in [5, 5.41) is 2.69. The molecule has 166 valence electrons. The first kappa shape index (κ1) is 22.7. The summed E-state index contributed by atoms with van der Waals surface area (Å²) in [6.45, 7) is 3.60. The van der Waals surface area contributed by atoms with Crippen LogP contribution in [0.2, 0.25) is 0 Å². The number of carbonyl (C=O) groups is 2. The first-order valence-electron chi connectivity index (χ1n) is 9.69. The van der Waals surface area contributed by atoms with E-state index in [0.29, 0.717) is 5.69 Å². The number of aromatic nitrogens is 1. The van der Waals surface area contributed by atoms with Gasteiger partial charge in [0.15, 0.2) is 5.78 Å². The highest BCUT2D eigenvalue weighted by molar-refractivity contribution is 5.97. The van der Waals surface area contributed by atoms with Crippen LogP contribution in [0.5, 0.6) is 5.75 Å². The van der Waals surface area contributed by atoms with Crippen LogP contribution in [0.4, 0.5) is 18.9 Å². The number of alkyl halides is 2. The highest BCUT2D eigenvalue weighted by atomic mass is 19.3. The summed E-state index contributed by atoms with van der Waals surface area (Å²) in [5.41, 5.74) is 0.0000585. The summed E-state index contributed by atoms with van der Waals surface area (Å²) in [5.74, 6) is -2.85. The van der Waals surface area contributed by atoms with E-state index in [1.807, 2.05) is 6.92 Å². The fourth-order valence-corrected chi connectivity index (χ4v) is 3.75. The van der Waals surface area contributed by atoms with Crippen molar-refractivity contribution in [3.8, 4) is 5.75 Å². The number of ether oxygens (including phenoxy) is 2. The third-order valence-corrected chi connectivity index (χ3v) is 5.59. The molecular weight excluding hydrogens is 413 g/mol. The van der Waals surface area contributed by atoms with Gasteiger partial charge in [0.1, 0.15) is 23.4 Å². The van der Waals surface area contributed by atoms with Gasteiger partial charge in [-0.2, -0.15) is 8.78 Å². The Balaban J connectivity index is 1.96. The summed E-state index contributed by atoms with van der Waals surface area (Å²) in [7, 11) is 0. The van der Waals surface area contributed by atoms with Crippen LogP contribution in [0.1, 0.15) is 49.7 Å². The molecule has 9 heteroatoms. The van der Waals surface area contributed by atoms with Crippen molar-refractivity contribution in [1.82, 2.24) is 4.98 Å². The Morgan fingerprint density at radius 3 is 2.58 bits per heavy atom. The zero-order valence-electron chi connectivity index (χ0n) is 17.5. The van der Waals surface area contributed by atoms with Gasteiger partial charge in [0.2, 0.25) is 0 Å². The number of nitrogens with zero attached hydrogens (tertiary/aromatic N) is 1. The van der Waals surface area contributed by atoms with Crippen LogP contribution in [0.3, 0.4) is 0 Å². The van der Waals surface area contributed by atoms with Crippen molar-refractivity contribution in [3.63, 3.8) is 0 Å². The van der Waals surface area contributed by atoms with Gasteiger partial charge in [0.25, 0.3) is 5.91 Å². The molecular formula is C22H23F3N2O4. The highest BCUT2D eigenvalue weighted by Gasteiger charge is 2.51. The molecule has 0 aliphatic carbocycles. The maximum absolute atomic E-state index is 13.7. The predicted octanol–water partition coefficient (Wildman–Crippen LogP) is 4.56. The normalized spacial score (nSPS) is 22.4. The van der Waals surface area contributed by atoms with E-state index < -0.39 is 36.0 Å². The van der Waals surface area contributed by atoms with E-state index in [-0.39, 0.29) is 28.7 Å². The number of carbonyl (C=O) groups excluding carboxylic acids is 2. The van der Waals surface area contributed by atoms with Gasteiger partial charge in [-0.1, -0.05) is 13.0 Å². The molecule has 1 fully saturated rings. The first-order valence-corrected chi connectivity index (χ1v) is 9.69. The van der Waals surface area contributed by atoms with Crippen LogP contribution in [0.15, 0.2) is 36.5 Å². The zero-order chi connectivity index (χ0) is 22.9. The molecule has 1 aliphatic rings. The number of benzene rings is 1. The van der Waals surface area contributed by atoms with Gasteiger partial charge in [0, 0.05) is 36.4 Å². The SMILES string of the molecule is CC(=O)c1cc(NC(=O)[C@H]2OC(C)(C)[C@H](C)[C@@H]2c2ccc(F)cc2OC(F)F)ccn1. The van der Waals surface area contributed by atoms with E-state index in [4.69, 9.17) is 4.74 Å². The van der Waals surface area contributed by atoms with Gasteiger partial charge in [-0.05, 0) is 38.0 Å². The molecule has 0 spiro atoms. The van der Waals surface area contributed by atoms with E-state index in [2.05, 4.69) is 15.0 Å². The number of Topliss-reactive ketones (excluding diaryl/α,β-unsaturated/α-hetero) is 1. The Kier molecular flexibility index (Phi) is 6.35. The largest absolute Gasteiger partial charge is 0.434 e. The number of halogens is 3. The summed E-state index contributed by atoms with van der Waals surface area (Å²) < 4.78 is 50.1. The molecule has 1 aliphatic heterocycles.